The lowest BCUT2D eigenvalue weighted by Crippen LogP contribution is -1.88. The SMILES string of the molecule is C=C(c1cccc(C)c1)c1c(C)oc2ccccc12. The van der Waals surface area contributed by atoms with Crippen molar-refractivity contribution in [3.63, 3.8) is 0 Å². The second-order valence-electron chi connectivity index (χ2n) is 4.88. The fourth-order valence-corrected chi connectivity index (χ4v) is 2.52. The molecule has 2 aromatic carbocycles. The van der Waals surface area contributed by atoms with E-state index in [9.17, 15) is 0 Å². The van der Waals surface area contributed by atoms with Gasteiger partial charge in [0, 0.05) is 10.9 Å². The van der Waals surface area contributed by atoms with E-state index in [1.165, 1.54) is 5.56 Å². The molecule has 1 aromatic heterocycles. The van der Waals surface area contributed by atoms with Crippen LogP contribution in [0.15, 0.2) is 59.5 Å². The van der Waals surface area contributed by atoms with Crippen LogP contribution in [0.4, 0.5) is 0 Å². The van der Waals surface area contributed by atoms with Gasteiger partial charge in [-0.05, 0) is 31.1 Å². The molecule has 0 saturated carbocycles. The smallest absolute Gasteiger partial charge is 0.134 e. The third-order valence-corrected chi connectivity index (χ3v) is 3.44. The van der Waals surface area contributed by atoms with E-state index in [-0.39, 0.29) is 0 Å². The number of fused-ring (bicyclic) bond motifs is 1. The molecule has 0 N–H and O–H groups in total. The molecule has 0 saturated heterocycles. The minimum absolute atomic E-state index is 0.920. The molecule has 0 aliphatic heterocycles. The number of hydrogen-bond donors (Lipinski definition) is 0. The van der Waals surface area contributed by atoms with Gasteiger partial charge in [-0.15, -0.1) is 0 Å². The summed E-state index contributed by atoms with van der Waals surface area (Å²) in [4.78, 5) is 0. The van der Waals surface area contributed by atoms with Gasteiger partial charge in [-0.1, -0.05) is 54.6 Å². The third kappa shape index (κ3) is 1.97. The Morgan fingerprint density at radius 1 is 1.00 bits per heavy atom. The van der Waals surface area contributed by atoms with Gasteiger partial charge in [0.2, 0.25) is 0 Å². The van der Waals surface area contributed by atoms with Gasteiger partial charge >= 0.3 is 0 Å². The maximum atomic E-state index is 5.81. The van der Waals surface area contributed by atoms with E-state index in [2.05, 4.69) is 43.8 Å². The number of benzene rings is 2. The molecule has 0 aliphatic rings. The van der Waals surface area contributed by atoms with Crippen molar-refractivity contribution in [2.24, 2.45) is 0 Å². The summed E-state index contributed by atoms with van der Waals surface area (Å²) in [6, 6.07) is 16.5. The molecule has 0 bridgehead atoms. The summed E-state index contributed by atoms with van der Waals surface area (Å²) in [6.07, 6.45) is 0. The van der Waals surface area contributed by atoms with Gasteiger partial charge in [0.25, 0.3) is 0 Å². The van der Waals surface area contributed by atoms with Gasteiger partial charge in [0.15, 0.2) is 0 Å². The Hall–Kier alpha value is -2.28. The quantitative estimate of drug-likeness (QED) is 0.614. The van der Waals surface area contributed by atoms with Crippen molar-refractivity contribution < 1.29 is 4.42 Å². The lowest BCUT2D eigenvalue weighted by Gasteiger charge is -2.06. The van der Waals surface area contributed by atoms with E-state index in [4.69, 9.17) is 4.42 Å². The first kappa shape index (κ1) is 11.8. The summed E-state index contributed by atoms with van der Waals surface area (Å²) in [5, 5.41) is 1.13. The molecular formula is C18H16O. The molecule has 0 unspecified atom stereocenters. The minimum Gasteiger partial charge on any atom is -0.461 e. The Labute approximate surface area is 113 Å². The highest BCUT2D eigenvalue weighted by Crippen LogP contribution is 2.33. The Balaban J connectivity index is 2.19. The molecule has 0 aliphatic carbocycles. The molecule has 0 amide bonds. The molecular weight excluding hydrogens is 232 g/mol. The van der Waals surface area contributed by atoms with E-state index >= 15 is 0 Å². The average Bonchev–Trinajstić information content (AvgIpc) is 2.74. The van der Waals surface area contributed by atoms with Crippen molar-refractivity contribution >= 4 is 16.5 Å². The molecule has 3 rings (SSSR count). The third-order valence-electron chi connectivity index (χ3n) is 3.44. The standard InChI is InChI=1S/C18H16O/c1-12-7-6-8-15(11-12)13(2)18-14(3)19-17-10-5-4-9-16(17)18/h4-11H,2H2,1,3H3. The van der Waals surface area contributed by atoms with Crippen LogP contribution in [0.2, 0.25) is 0 Å². The van der Waals surface area contributed by atoms with Gasteiger partial charge < -0.3 is 4.42 Å². The fourth-order valence-electron chi connectivity index (χ4n) is 2.52. The van der Waals surface area contributed by atoms with E-state index in [0.29, 0.717) is 0 Å². The Kier molecular flexibility index (Phi) is 2.75. The first-order valence-electron chi connectivity index (χ1n) is 6.41. The highest BCUT2D eigenvalue weighted by atomic mass is 16.3. The fraction of sp³-hybridized carbons (Fsp3) is 0.111. The van der Waals surface area contributed by atoms with Crippen LogP contribution in [0.3, 0.4) is 0 Å². The summed E-state index contributed by atoms with van der Waals surface area (Å²) >= 11 is 0. The van der Waals surface area contributed by atoms with Crippen molar-refractivity contribution in [1.82, 2.24) is 0 Å². The average molecular weight is 248 g/mol. The van der Waals surface area contributed by atoms with E-state index < -0.39 is 0 Å². The largest absolute Gasteiger partial charge is 0.461 e. The molecule has 19 heavy (non-hydrogen) atoms. The Bertz CT molecular complexity index is 762. The first-order valence-corrected chi connectivity index (χ1v) is 6.41. The number of rotatable bonds is 2. The van der Waals surface area contributed by atoms with Crippen molar-refractivity contribution in [3.8, 4) is 0 Å². The second-order valence-corrected chi connectivity index (χ2v) is 4.88. The van der Waals surface area contributed by atoms with Crippen LogP contribution < -0.4 is 0 Å². The lowest BCUT2D eigenvalue weighted by molar-refractivity contribution is 0.577. The number of hydrogen-bond acceptors (Lipinski definition) is 1. The molecule has 0 spiro atoms. The number of para-hydroxylation sites is 1. The summed E-state index contributed by atoms with van der Waals surface area (Å²) in [6.45, 7) is 8.35. The Morgan fingerprint density at radius 2 is 1.79 bits per heavy atom. The van der Waals surface area contributed by atoms with Gasteiger partial charge in [-0.3, -0.25) is 0 Å². The molecule has 0 atom stereocenters. The monoisotopic (exact) mass is 248 g/mol. The molecule has 1 heteroatoms. The van der Waals surface area contributed by atoms with Crippen molar-refractivity contribution in [2.45, 2.75) is 13.8 Å². The predicted octanol–water partition coefficient (Wildman–Crippen LogP) is 5.11. The molecule has 1 nitrogen and oxygen atoms in total. The number of furan rings is 1. The lowest BCUT2D eigenvalue weighted by atomic mass is 9.96. The maximum Gasteiger partial charge on any atom is 0.134 e. The van der Waals surface area contributed by atoms with Crippen LogP contribution in [0.25, 0.3) is 16.5 Å². The maximum absolute atomic E-state index is 5.81. The van der Waals surface area contributed by atoms with Gasteiger partial charge in [-0.25, -0.2) is 0 Å². The zero-order chi connectivity index (χ0) is 13.4. The summed E-state index contributed by atoms with van der Waals surface area (Å²) in [7, 11) is 0. The zero-order valence-electron chi connectivity index (χ0n) is 11.2. The molecule has 1 heterocycles. The van der Waals surface area contributed by atoms with Crippen LogP contribution in [0.1, 0.15) is 22.5 Å². The van der Waals surface area contributed by atoms with Crippen molar-refractivity contribution in [1.29, 1.82) is 0 Å². The van der Waals surface area contributed by atoms with Gasteiger partial charge in [0.1, 0.15) is 11.3 Å². The molecule has 0 fully saturated rings. The normalized spacial score (nSPS) is 10.8. The Morgan fingerprint density at radius 3 is 2.58 bits per heavy atom. The summed E-state index contributed by atoms with van der Waals surface area (Å²) in [5.41, 5.74) is 5.44. The molecule has 94 valence electrons. The summed E-state index contributed by atoms with van der Waals surface area (Å²) in [5.74, 6) is 0.924. The minimum atomic E-state index is 0.920. The van der Waals surface area contributed by atoms with E-state index in [0.717, 1.165) is 33.4 Å². The first-order chi connectivity index (χ1) is 9.16. The molecule has 3 aromatic rings. The number of aryl methyl sites for hydroxylation is 2. The highest BCUT2D eigenvalue weighted by molar-refractivity contribution is 5.96. The summed E-state index contributed by atoms with van der Waals surface area (Å²) < 4.78 is 5.81. The highest BCUT2D eigenvalue weighted by Gasteiger charge is 2.14. The van der Waals surface area contributed by atoms with E-state index in [1.54, 1.807) is 0 Å². The van der Waals surface area contributed by atoms with Crippen LogP contribution in [-0.2, 0) is 0 Å². The molecule has 0 radical (unpaired) electrons. The zero-order valence-corrected chi connectivity index (χ0v) is 11.2. The van der Waals surface area contributed by atoms with Gasteiger partial charge in [-0.2, -0.15) is 0 Å². The van der Waals surface area contributed by atoms with Crippen molar-refractivity contribution in [3.05, 3.63) is 77.6 Å². The second kappa shape index (κ2) is 4.43. The van der Waals surface area contributed by atoms with Crippen LogP contribution in [0.5, 0.6) is 0 Å². The topological polar surface area (TPSA) is 13.1 Å². The van der Waals surface area contributed by atoms with Crippen LogP contribution >= 0.6 is 0 Å². The van der Waals surface area contributed by atoms with E-state index in [1.807, 2.05) is 25.1 Å². The van der Waals surface area contributed by atoms with Crippen molar-refractivity contribution in [2.75, 3.05) is 0 Å². The van der Waals surface area contributed by atoms with Crippen LogP contribution in [0, 0.1) is 13.8 Å². The van der Waals surface area contributed by atoms with Gasteiger partial charge in [0.05, 0.1) is 0 Å². The predicted molar refractivity (Wildman–Crippen MR) is 80.3 cm³/mol. The van der Waals surface area contributed by atoms with Crippen LogP contribution in [-0.4, -0.2) is 0 Å².